The number of anilines is 1. The third kappa shape index (κ3) is 2.29. The molecular weight excluding hydrogens is 308 g/mol. The van der Waals surface area contributed by atoms with Crippen LogP contribution in [-0.4, -0.2) is 20.4 Å². The molecule has 0 aliphatic rings. The van der Waals surface area contributed by atoms with E-state index in [0.717, 1.165) is 11.3 Å². The number of thiophene rings is 1. The van der Waals surface area contributed by atoms with E-state index in [1.54, 1.807) is 23.0 Å². The molecule has 112 valence electrons. The van der Waals surface area contributed by atoms with E-state index in [9.17, 15) is 4.79 Å². The van der Waals surface area contributed by atoms with Crippen LogP contribution in [0.25, 0.3) is 16.9 Å². The summed E-state index contributed by atoms with van der Waals surface area (Å²) in [6.45, 7) is 0. The van der Waals surface area contributed by atoms with Gasteiger partial charge in [0, 0.05) is 28.4 Å². The van der Waals surface area contributed by atoms with Gasteiger partial charge in [-0.25, -0.2) is 9.50 Å². The lowest BCUT2D eigenvalue weighted by Crippen LogP contribution is -2.01. The molecule has 4 rings (SSSR count). The molecule has 6 heteroatoms. The van der Waals surface area contributed by atoms with Crippen LogP contribution in [0.1, 0.15) is 15.9 Å². The van der Waals surface area contributed by atoms with Gasteiger partial charge in [-0.05, 0) is 29.6 Å². The summed E-state index contributed by atoms with van der Waals surface area (Å²) in [5.41, 5.74) is 9.99. The van der Waals surface area contributed by atoms with E-state index in [2.05, 4.69) is 10.1 Å². The zero-order chi connectivity index (χ0) is 15.8. The number of hydrogen-bond acceptors (Lipinski definition) is 5. The minimum absolute atomic E-state index is 0.0709. The molecule has 0 aliphatic carbocycles. The second-order valence-corrected chi connectivity index (χ2v) is 5.87. The molecule has 0 saturated heterocycles. The van der Waals surface area contributed by atoms with Gasteiger partial charge in [-0.1, -0.05) is 12.1 Å². The van der Waals surface area contributed by atoms with Gasteiger partial charge >= 0.3 is 0 Å². The predicted molar refractivity (Wildman–Crippen MR) is 90.6 cm³/mol. The molecule has 3 heterocycles. The van der Waals surface area contributed by atoms with Crippen molar-refractivity contribution in [3.63, 3.8) is 0 Å². The zero-order valence-electron chi connectivity index (χ0n) is 12.0. The van der Waals surface area contributed by atoms with Gasteiger partial charge in [0.05, 0.1) is 17.5 Å². The summed E-state index contributed by atoms with van der Waals surface area (Å²) < 4.78 is 1.67. The quantitative estimate of drug-likeness (QED) is 0.464. The topological polar surface area (TPSA) is 73.3 Å². The summed E-state index contributed by atoms with van der Waals surface area (Å²) in [7, 11) is 0. The first kappa shape index (κ1) is 13.7. The van der Waals surface area contributed by atoms with Gasteiger partial charge in [0.1, 0.15) is 0 Å². The molecule has 0 saturated carbocycles. The van der Waals surface area contributed by atoms with E-state index in [0.29, 0.717) is 22.5 Å². The van der Waals surface area contributed by atoms with Crippen molar-refractivity contribution >= 4 is 28.5 Å². The SMILES string of the molecule is Nc1cccc(-c2ccnc3c(C(=O)c4ccsc4)cnn23)c1. The minimum atomic E-state index is -0.0709. The van der Waals surface area contributed by atoms with Crippen molar-refractivity contribution in [1.29, 1.82) is 0 Å². The van der Waals surface area contributed by atoms with Crippen molar-refractivity contribution in [2.45, 2.75) is 0 Å². The molecule has 0 amide bonds. The van der Waals surface area contributed by atoms with Crippen LogP contribution in [0.3, 0.4) is 0 Å². The van der Waals surface area contributed by atoms with Crippen LogP contribution in [0.2, 0.25) is 0 Å². The Hall–Kier alpha value is -2.99. The van der Waals surface area contributed by atoms with Crippen LogP contribution in [0.15, 0.2) is 59.6 Å². The fraction of sp³-hybridized carbons (Fsp3) is 0. The van der Waals surface area contributed by atoms with Crippen LogP contribution < -0.4 is 5.73 Å². The van der Waals surface area contributed by atoms with Crippen molar-refractivity contribution in [2.24, 2.45) is 0 Å². The molecule has 0 unspecified atom stereocenters. The maximum Gasteiger partial charge on any atom is 0.199 e. The molecule has 3 aromatic heterocycles. The van der Waals surface area contributed by atoms with E-state index < -0.39 is 0 Å². The summed E-state index contributed by atoms with van der Waals surface area (Å²) in [6.07, 6.45) is 3.25. The monoisotopic (exact) mass is 320 g/mol. The first-order valence-corrected chi connectivity index (χ1v) is 7.94. The number of hydrogen-bond donors (Lipinski definition) is 1. The second-order valence-electron chi connectivity index (χ2n) is 5.09. The molecule has 2 N–H and O–H groups in total. The fourth-order valence-electron chi connectivity index (χ4n) is 2.52. The van der Waals surface area contributed by atoms with Gasteiger partial charge < -0.3 is 5.73 Å². The minimum Gasteiger partial charge on any atom is -0.399 e. The lowest BCUT2D eigenvalue weighted by Gasteiger charge is -2.05. The number of nitrogens with two attached hydrogens (primary N) is 1. The van der Waals surface area contributed by atoms with Gasteiger partial charge in [0.15, 0.2) is 11.4 Å². The van der Waals surface area contributed by atoms with Crippen LogP contribution in [-0.2, 0) is 0 Å². The maximum atomic E-state index is 12.6. The van der Waals surface area contributed by atoms with E-state index in [4.69, 9.17) is 5.73 Å². The highest BCUT2D eigenvalue weighted by atomic mass is 32.1. The number of benzene rings is 1. The average Bonchev–Trinajstić information content (AvgIpc) is 3.23. The largest absolute Gasteiger partial charge is 0.399 e. The highest BCUT2D eigenvalue weighted by molar-refractivity contribution is 7.08. The number of aromatic nitrogens is 3. The summed E-state index contributed by atoms with van der Waals surface area (Å²) in [6, 6.07) is 11.2. The van der Waals surface area contributed by atoms with Crippen LogP contribution in [0.5, 0.6) is 0 Å². The van der Waals surface area contributed by atoms with Gasteiger partial charge in [-0.3, -0.25) is 4.79 Å². The van der Waals surface area contributed by atoms with Crippen molar-refractivity contribution in [2.75, 3.05) is 5.73 Å². The molecule has 23 heavy (non-hydrogen) atoms. The van der Waals surface area contributed by atoms with Crippen LogP contribution in [0, 0.1) is 0 Å². The first-order valence-electron chi connectivity index (χ1n) is 6.99. The number of carbonyl (C=O) groups excluding carboxylic acids is 1. The van der Waals surface area contributed by atoms with Crippen LogP contribution in [0.4, 0.5) is 5.69 Å². The summed E-state index contributed by atoms with van der Waals surface area (Å²) >= 11 is 1.49. The highest BCUT2D eigenvalue weighted by Gasteiger charge is 2.17. The number of carbonyl (C=O) groups is 1. The predicted octanol–water partition coefficient (Wildman–Crippen LogP) is 3.27. The maximum absolute atomic E-state index is 12.6. The Bertz CT molecular complexity index is 1000. The van der Waals surface area contributed by atoms with Gasteiger partial charge in [0.2, 0.25) is 0 Å². The summed E-state index contributed by atoms with van der Waals surface area (Å²) in [4.78, 5) is 16.9. The average molecular weight is 320 g/mol. The molecule has 0 radical (unpaired) electrons. The molecule has 0 fully saturated rings. The Labute approximate surface area is 136 Å². The molecule has 0 aliphatic heterocycles. The molecular formula is C17H12N4OS. The number of nitrogen functional groups attached to an aromatic ring is 1. The van der Waals surface area contributed by atoms with Crippen molar-refractivity contribution < 1.29 is 4.79 Å². The van der Waals surface area contributed by atoms with Gasteiger partial charge in [-0.2, -0.15) is 16.4 Å². The third-order valence-corrected chi connectivity index (χ3v) is 4.29. The fourth-order valence-corrected chi connectivity index (χ4v) is 3.15. The lowest BCUT2D eigenvalue weighted by molar-refractivity contribution is 0.104. The number of fused-ring (bicyclic) bond motifs is 1. The van der Waals surface area contributed by atoms with Gasteiger partial charge in [-0.15, -0.1) is 0 Å². The Morgan fingerprint density at radius 2 is 2.13 bits per heavy atom. The molecule has 1 aromatic carbocycles. The third-order valence-electron chi connectivity index (χ3n) is 3.61. The molecule has 5 nitrogen and oxygen atoms in total. The smallest absolute Gasteiger partial charge is 0.199 e. The number of nitrogens with zero attached hydrogens (tertiary/aromatic N) is 3. The molecule has 0 atom stereocenters. The zero-order valence-corrected chi connectivity index (χ0v) is 12.8. The van der Waals surface area contributed by atoms with Crippen molar-refractivity contribution in [1.82, 2.24) is 14.6 Å². The van der Waals surface area contributed by atoms with E-state index in [-0.39, 0.29) is 5.78 Å². The van der Waals surface area contributed by atoms with Crippen molar-refractivity contribution in [3.8, 4) is 11.3 Å². The first-order chi connectivity index (χ1) is 11.2. The lowest BCUT2D eigenvalue weighted by atomic mass is 10.1. The molecule has 0 spiro atoms. The Balaban J connectivity index is 1.89. The Morgan fingerprint density at radius 1 is 1.22 bits per heavy atom. The van der Waals surface area contributed by atoms with E-state index in [1.165, 1.54) is 11.3 Å². The molecule has 0 bridgehead atoms. The Kier molecular flexibility index (Phi) is 3.17. The number of rotatable bonds is 3. The normalized spacial score (nSPS) is 11.0. The molecule has 4 aromatic rings. The Morgan fingerprint density at radius 3 is 2.91 bits per heavy atom. The summed E-state index contributed by atoms with van der Waals surface area (Å²) in [5.74, 6) is -0.0709. The highest BCUT2D eigenvalue weighted by Crippen LogP contribution is 2.24. The van der Waals surface area contributed by atoms with Gasteiger partial charge in [0.25, 0.3) is 0 Å². The number of ketones is 1. The standard InChI is InChI=1S/C17H12N4OS/c18-13-3-1-2-11(8-13)15-4-6-19-17-14(9-20-21(15)17)16(22)12-5-7-23-10-12/h1-10H,18H2. The van der Waals surface area contributed by atoms with Crippen LogP contribution >= 0.6 is 11.3 Å². The van der Waals surface area contributed by atoms with Crippen molar-refractivity contribution in [3.05, 3.63) is 70.7 Å². The van der Waals surface area contributed by atoms with E-state index >= 15 is 0 Å². The van der Waals surface area contributed by atoms with E-state index in [1.807, 2.05) is 41.1 Å². The summed E-state index contributed by atoms with van der Waals surface area (Å²) in [5, 5.41) is 8.06. The second kappa shape index (κ2) is 5.33.